The van der Waals surface area contributed by atoms with E-state index in [2.05, 4.69) is 11.8 Å². The van der Waals surface area contributed by atoms with Gasteiger partial charge in [-0.25, -0.2) is 0 Å². The van der Waals surface area contributed by atoms with E-state index in [1.165, 1.54) is 6.42 Å². The van der Waals surface area contributed by atoms with E-state index in [9.17, 15) is 5.11 Å². The lowest BCUT2D eigenvalue weighted by molar-refractivity contribution is -0.00332. The molecule has 0 aromatic rings. The number of likely N-dealkylation sites (tertiary alicyclic amines) is 1. The molecule has 0 aromatic carbocycles. The fourth-order valence-electron chi connectivity index (χ4n) is 2.54. The van der Waals surface area contributed by atoms with Gasteiger partial charge < -0.3 is 15.7 Å². The van der Waals surface area contributed by atoms with Crippen molar-refractivity contribution < 1.29 is 5.11 Å². The Labute approximate surface area is 86.3 Å². The first-order chi connectivity index (χ1) is 6.64. The zero-order valence-corrected chi connectivity index (χ0v) is 9.08. The summed E-state index contributed by atoms with van der Waals surface area (Å²) in [5.74, 6) is 1.26. The maximum atomic E-state index is 10.3. The molecule has 0 radical (unpaired) electrons. The standard InChI is InChI=1S/C11H22N2O/c1-9-4-5-13(6-9)8-11(14,7-12)10-2-3-10/h9-10,14H,2-8,12H2,1H3. The Morgan fingerprint density at radius 1 is 1.43 bits per heavy atom. The van der Waals surface area contributed by atoms with Crippen LogP contribution in [0, 0.1) is 11.8 Å². The highest BCUT2D eigenvalue weighted by Crippen LogP contribution is 2.40. The van der Waals surface area contributed by atoms with Gasteiger partial charge in [0.1, 0.15) is 0 Å². The number of hydrogen-bond acceptors (Lipinski definition) is 3. The molecule has 3 heteroatoms. The summed E-state index contributed by atoms with van der Waals surface area (Å²) in [5.41, 5.74) is 5.09. The van der Waals surface area contributed by atoms with Gasteiger partial charge in [0.15, 0.2) is 0 Å². The molecule has 2 rings (SSSR count). The van der Waals surface area contributed by atoms with Crippen molar-refractivity contribution in [1.29, 1.82) is 0 Å². The molecule has 1 saturated carbocycles. The van der Waals surface area contributed by atoms with Crippen LogP contribution in [0.3, 0.4) is 0 Å². The third-order valence-corrected chi connectivity index (χ3v) is 3.70. The van der Waals surface area contributed by atoms with E-state index in [0.717, 1.165) is 38.4 Å². The zero-order chi connectivity index (χ0) is 10.2. The van der Waals surface area contributed by atoms with Crippen LogP contribution in [0.5, 0.6) is 0 Å². The fourth-order valence-corrected chi connectivity index (χ4v) is 2.54. The highest BCUT2D eigenvalue weighted by molar-refractivity contribution is 4.98. The average molecular weight is 198 g/mol. The van der Waals surface area contributed by atoms with Crippen molar-refractivity contribution in [2.45, 2.75) is 31.8 Å². The largest absolute Gasteiger partial charge is 0.387 e. The molecule has 0 spiro atoms. The van der Waals surface area contributed by atoms with Gasteiger partial charge in [-0.1, -0.05) is 6.92 Å². The molecule has 1 aliphatic carbocycles. The number of nitrogens with two attached hydrogens (primary N) is 1. The minimum atomic E-state index is -0.593. The van der Waals surface area contributed by atoms with E-state index in [1.807, 2.05) is 0 Å². The summed E-state index contributed by atoms with van der Waals surface area (Å²) in [7, 11) is 0. The first kappa shape index (κ1) is 10.4. The number of β-amino-alcohol motifs (C(OH)–C–C–N with tert-alkyl or cyclic N) is 1. The molecule has 3 nitrogen and oxygen atoms in total. The van der Waals surface area contributed by atoms with E-state index in [4.69, 9.17) is 5.73 Å². The van der Waals surface area contributed by atoms with Gasteiger partial charge in [0, 0.05) is 19.6 Å². The smallest absolute Gasteiger partial charge is 0.0923 e. The van der Waals surface area contributed by atoms with Crippen LogP contribution >= 0.6 is 0 Å². The second kappa shape index (κ2) is 3.80. The van der Waals surface area contributed by atoms with E-state index >= 15 is 0 Å². The Morgan fingerprint density at radius 2 is 2.14 bits per heavy atom. The molecule has 2 aliphatic rings. The third kappa shape index (κ3) is 2.10. The van der Waals surface area contributed by atoms with Crippen molar-refractivity contribution in [1.82, 2.24) is 4.90 Å². The van der Waals surface area contributed by atoms with Crippen LogP contribution in [0.1, 0.15) is 26.2 Å². The monoisotopic (exact) mass is 198 g/mol. The van der Waals surface area contributed by atoms with Crippen molar-refractivity contribution >= 4 is 0 Å². The number of nitrogens with zero attached hydrogens (tertiary/aromatic N) is 1. The minimum absolute atomic E-state index is 0.419. The molecule has 2 fully saturated rings. The van der Waals surface area contributed by atoms with E-state index in [1.54, 1.807) is 0 Å². The molecule has 14 heavy (non-hydrogen) atoms. The molecule has 0 aromatic heterocycles. The van der Waals surface area contributed by atoms with E-state index in [0.29, 0.717) is 12.5 Å². The summed E-state index contributed by atoms with van der Waals surface area (Å²) in [6.45, 7) is 5.75. The normalized spacial score (nSPS) is 33.2. The highest BCUT2D eigenvalue weighted by Gasteiger charge is 2.44. The van der Waals surface area contributed by atoms with Crippen LogP contribution < -0.4 is 5.73 Å². The summed E-state index contributed by atoms with van der Waals surface area (Å²) < 4.78 is 0. The summed E-state index contributed by atoms with van der Waals surface area (Å²) in [6.07, 6.45) is 3.60. The Morgan fingerprint density at radius 3 is 2.57 bits per heavy atom. The quantitative estimate of drug-likeness (QED) is 0.688. The second-order valence-electron chi connectivity index (χ2n) is 5.21. The van der Waals surface area contributed by atoms with Crippen molar-refractivity contribution in [2.75, 3.05) is 26.2 Å². The Hall–Kier alpha value is -0.120. The van der Waals surface area contributed by atoms with E-state index < -0.39 is 5.60 Å². The molecule has 1 aliphatic heterocycles. The predicted octanol–water partition coefficient (Wildman–Crippen LogP) is 0.428. The van der Waals surface area contributed by atoms with Crippen LogP contribution in [0.4, 0.5) is 0 Å². The van der Waals surface area contributed by atoms with Gasteiger partial charge in [-0.2, -0.15) is 0 Å². The van der Waals surface area contributed by atoms with Gasteiger partial charge in [-0.05, 0) is 37.6 Å². The summed E-state index contributed by atoms with van der Waals surface area (Å²) >= 11 is 0. The molecular weight excluding hydrogens is 176 g/mol. The van der Waals surface area contributed by atoms with Crippen molar-refractivity contribution in [3.8, 4) is 0 Å². The Bertz CT molecular complexity index is 205. The van der Waals surface area contributed by atoms with Gasteiger partial charge in [-0.15, -0.1) is 0 Å². The lowest BCUT2D eigenvalue weighted by Crippen LogP contribution is -2.49. The summed E-state index contributed by atoms with van der Waals surface area (Å²) in [5, 5.41) is 10.3. The zero-order valence-electron chi connectivity index (χ0n) is 9.08. The van der Waals surface area contributed by atoms with Gasteiger partial charge in [0.25, 0.3) is 0 Å². The van der Waals surface area contributed by atoms with Crippen LogP contribution in [-0.4, -0.2) is 41.8 Å². The topological polar surface area (TPSA) is 49.5 Å². The van der Waals surface area contributed by atoms with Gasteiger partial charge in [0.05, 0.1) is 5.60 Å². The number of rotatable bonds is 4. The maximum Gasteiger partial charge on any atom is 0.0923 e. The van der Waals surface area contributed by atoms with Crippen molar-refractivity contribution in [3.05, 3.63) is 0 Å². The van der Waals surface area contributed by atoms with Crippen LogP contribution in [0.15, 0.2) is 0 Å². The molecule has 1 saturated heterocycles. The van der Waals surface area contributed by atoms with Gasteiger partial charge in [-0.3, -0.25) is 0 Å². The lowest BCUT2D eigenvalue weighted by atomic mass is 9.97. The van der Waals surface area contributed by atoms with Crippen LogP contribution in [-0.2, 0) is 0 Å². The first-order valence-corrected chi connectivity index (χ1v) is 5.79. The number of hydrogen-bond donors (Lipinski definition) is 2. The first-order valence-electron chi connectivity index (χ1n) is 5.79. The molecule has 0 bridgehead atoms. The van der Waals surface area contributed by atoms with E-state index in [-0.39, 0.29) is 0 Å². The van der Waals surface area contributed by atoms with Crippen molar-refractivity contribution in [2.24, 2.45) is 17.6 Å². The predicted molar refractivity (Wildman–Crippen MR) is 56.9 cm³/mol. The lowest BCUT2D eigenvalue weighted by Gasteiger charge is -2.31. The summed E-state index contributed by atoms with van der Waals surface area (Å²) in [6, 6.07) is 0. The molecule has 2 atom stereocenters. The minimum Gasteiger partial charge on any atom is -0.387 e. The van der Waals surface area contributed by atoms with Crippen LogP contribution in [0.2, 0.25) is 0 Å². The average Bonchev–Trinajstić information content (AvgIpc) is 2.93. The van der Waals surface area contributed by atoms with Gasteiger partial charge >= 0.3 is 0 Å². The molecule has 1 heterocycles. The molecule has 0 amide bonds. The molecule has 2 unspecified atom stereocenters. The molecule has 3 N–H and O–H groups in total. The second-order valence-corrected chi connectivity index (χ2v) is 5.21. The van der Waals surface area contributed by atoms with Gasteiger partial charge in [0.2, 0.25) is 0 Å². The molecular formula is C11H22N2O. The van der Waals surface area contributed by atoms with Crippen molar-refractivity contribution in [3.63, 3.8) is 0 Å². The third-order valence-electron chi connectivity index (χ3n) is 3.70. The highest BCUT2D eigenvalue weighted by atomic mass is 16.3. The fraction of sp³-hybridized carbons (Fsp3) is 1.00. The summed E-state index contributed by atoms with van der Waals surface area (Å²) in [4.78, 5) is 2.37. The SMILES string of the molecule is CC1CCN(CC(O)(CN)C2CC2)C1. The van der Waals surface area contributed by atoms with Crippen LogP contribution in [0.25, 0.3) is 0 Å². The Balaban J connectivity index is 1.87. The maximum absolute atomic E-state index is 10.3. The Kier molecular flexibility index (Phi) is 2.82. The number of aliphatic hydroxyl groups is 1. The molecule has 82 valence electrons.